The van der Waals surface area contributed by atoms with Crippen LogP contribution in [0, 0.1) is 0 Å². The van der Waals surface area contributed by atoms with Crippen molar-refractivity contribution in [2.45, 2.75) is 26.2 Å². The summed E-state index contributed by atoms with van der Waals surface area (Å²) in [5.41, 5.74) is 2.33. The summed E-state index contributed by atoms with van der Waals surface area (Å²) >= 11 is 0. The van der Waals surface area contributed by atoms with Crippen LogP contribution < -0.4 is 10.2 Å². The number of rotatable bonds is 4. The number of hydrogen-bond donors (Lipinski definition) is 1. The van der Waals surface area contributed by atoms with E-state index in [1.807, 2.05) is 0 Å². The van der Waals surface area contributed by atoms with Gasteiger partial charge in [0.05, 0.1) is 0 Å². The molecule has 0 aliphatic carbocycles. The predicted octanol–water partition coefficient (Wildman–Crippen LogP) is 2.66. The Morgan fingerprint density at radius 2 is 1.95 bits per heavy atom. The first kappa shape index (κ1) is 14.1. The van der Waals surface area contributed by atoms with Crippen molar-refractivity contribution < 1.29 is 4.52 Å². The Bertz CT molecular complexity index is 572. The zero-order valence-corrected chi connectivity index (χ0v) is 12.7. The Morgan fingerprint density at radius 3 is 2.62 bits per heavy atom. The molecule has 1 N–H and O–H groups in total. The fourth-order valence-electron chi connectivity index (χ4n) is 2.52. The lowest BCUT2D eigenvalue weighted by Gasteiger charge is -2.25. The van der Waals surface area contributed by atoms with Crippen LogP contribution in [0.2, 0.25) is 0 Å². The number of nitrogens with one attached hydrogen (secondary N) is 1. The predicted molar refractivity (Wildman–Crippen MR) is 83.5 cm³/mol. The summed E-state index contributed by atoms with van der Waals surface area (Å²) in [4.78, 5) is 6.67. The van der Waals surface area contributed by atoms with E-state index in [1.165, 1.54) is 5.56 Å². The van der Waals surface area contributed by atoms with E-state index >= 15 is 0 Å². The fourth-order valence-corrected chi connectivity index (χ4v) is 2.52. The summed E-state index contributed by atoms with van der Waals surface area (Å²) in [5, 5.41) is 7.42. The molecule has 5 nitrogen and oxygen atoms in total. The second-order valence-electron chi connectivity index (χ2n) is 5.57. The van der Waals surface area contributed by atoms with Crippen LogP contribution in [-0.2, 0) is 0 Å². The Balaban J connectivity index is 1.76. The third-order valence-corrected chi connectivity index (χ3v) is 4.15. The highest BCUT2D eigenvalue weighted by Gasteiger charge is 2.17. The highest BCUT2D eigenvalue weighted by molar-refractivity contribution is 5.55. The smallest absolute Gasteiger partial charge is 0.266 e. The lowest BCUT2D eigenvalue weighted by molar-refractivity contribution is 0.427. The maximum Gasteiger partial charge on any atom is 0.266 e. The van der Waals surface area contributed by atoms with Gasteiger partial charge in [0.2, 0.25) is 0 Å². The van der Waals surface area contributed by atoms with E-state index in [2.05, 4.69) is 58.5 Å². The topological polar surface area (TPSA) is 54.2 Å². The van der Waals surface area contributed by atoms with Gasteiger partial charge in [-0.05, 0) is 35.2 Å². The summed E-state index contributed by atoms with van der Waals surface area (Å²) in [6.45, 7) is 8.22. The Morgan fingerprint density at radius 1 is 1.24 bits per heavy atom. The third kappa shape index (κ3) is 3.08. The quantitative estimate of drug-likeness (QED) is 0.936. The van der Waals surface area contributed by atoms with Crippen LogP contribution in [0.25, 0.3) is 11.5 Å². The molecule has 1 fully saturated rings. The van der Waals surface area contributed by atoms with Crippen LogP contribution in [0.1, 0.15) is 31.7 Å². The molecular weight excluding hydrogens is 264 g/mol. The molecule has 1 saturated heterocycles. The average molecular weight is 286 g/mol. The van der Waals surface area contributed by atoms with Crippen LogP contribution in [0.5, 0.6) is 0 Å². The van der Waals surface area contributed by atoms with Gasteiger partial charge in [0.25, 0.3) is 11.8 Å². The van der Waals surface area contributed by atoms with Crippen molar-refractivity contribution in [1.82, 2.24) is 15.5 Å². The number of benzene rings is 1. The third-order valence-electron chi connectivity index (χ3n) is 4.15. The van der Waals surface area contributed by atoms with Crippen LogP contribution >= 0.6 is 0 Å². The van der Waals surface area contributed by atoms with Crippen LogP contribution in [0.3, 0.4) is 0 Å². The molecule has 5 heteroatoms. The molecule has 1 aromatic carbocycles. The van der Waals surface area contributed by atoms with E-state index in [9.17, 15) is 0 Å². The molecule has 1 aromatic heterocycles. The lowest BCUT2D eigenvalue weighted by atomic mass is 9.98. The van der Waals surface area contributed by atoms with Crippen molar-refractivity contribution in [3.63, 3.8) is 0 Å². The summed E-state index contributed by atoms with van der Waals surface area (Å²) in [5.74, 6) is 1.87. The molecule has 1 aliphatic heterocycles. The molecule has 0 bridgehead atoms. The van der Waals surface area contributed by atoms with E-state index in [-0.39, 0.29) is 0 Å². The Kier molecular flexibility index (Phi) is 4.20. The molecule has 0 amide bonds. The largest absolute Gasteiger partial charge is 0.336 e. The fraction of sp³-hybridized carbons (Fsp3) is 0.500. The van der Waals surface area contributed by atoms with Crippen molar-refractivity contribution in [2.75, 3.05) is 31.1 Å². The Labute approximate surface area is 125 Å². The van der Waals surface area contributed by atoms with Gasteiger partial charge < -0.3 is 14.7 Å². The van der Waals surface area contributed by atoms with Crippen LogP contribution in [-0.4, -0.2) is 36.3 Å². The second-order valence-corrected chi connectivity index (χ2v) is 5.57. The first-order valence-corrected chi connectivity index (χ1v) is 7.67. The SMILES string of the molecule is CCC(C)c1ccc(-c2nc(N3CCNCC3)no2)cc1. The molecular formula is C16H22N4O. The zero-order chi connectivity index (χ0) is 14.7. The number of piperazine rings is 1. The van der Waals surface area contributed by atoms with Gasteiger partial charge in [-0.15, -0.1) is 0 Å². The van der Waals surface area contributed by atoms with Gasteiger partial charge in [-0.2, -0.15) is 4.98 Å². The van der Waals surface area contributed by atoms with Crippen molar-refractivity contribution in [1.29, 1.82) is 0 Å². The summed E-state index contributed by atoms with van der Waals surface area (Å²) in [6, 6.07) is 8.43. The van der Waals surface area contributed by atoms with Gasteiger partial charge in [-0.1, -0.05) is 26.0 Å². The molecule has 112 valence electrons. The lowest BCUT2D eigenvalue weighted by Crippen LogP contribution is -2.44. The highest BCUT2D eigenvalue weighted by atomic mass is 16.5. The summed E-state index contributed by atoms with van der Waals surface area (Å²) < 4.78 is 5.41. The monoisotopic (exact) mass is 286 g/mol. The highest BCUT2D eigenvalue weighted by Crippen LogP contribution is 2.24. The van der Waals surface area contributed by atoms with E-state index in [0.717, 1.165) is 38.2 Å². The minimum Gasteiger partial charge on any atom is -0.336 e. The molecule has 3 rings (SSSR count). The first-order chi connectivity index (χ1) is 10.3. The Hall–Kier alpha value is -1.88. The molecule has 0 spiro atoms. The van der Waals surface area contributed by atoms with E-state index in [4.69, 9.17) is 4.52 Å². The number of hydrogen-bond acceptors (Lipinski definition) is 5. The molecule has 0 saturated carbocycles. The zero-order valence-electron chi connectivity index (χ0n) is 12.7. The minimum atomic E-state index is 0.582. The minimum absolute atomic E-state index is 0.582. The van der Waals surface area contributed by atoms with E-state index < -0.39 is 0 Å². The molecule has 1 unspecified atom stereocenters. The van der Waals surface area contributed by atoms with Crippen molar-refractivity contribution in [2.24, 2.45) is 0 Å². The molecule has 2 heterocycles. The van der Waals surface area contributed by atoms with Gasteiger partial charge >= 0.3 is 0 Å². The molecule has 1 aliphatic rings. The van der Waals surface area contributed by atoms with Crippen LogP contribution in [0.15, 0.2) is 28.8 Å². The van der Waals surface area contributed by atoms with Crippen molar-refractivity contribution >= 4 is 5.95 Å². The maximum atomic E-state index is 5.41. The summed E-state index contributed by atoms with van der Waals surface area (Å²) in [7, 11) is 0. The molecule has 2 aromatic rings. The maximum absolute atomic E-state index is 5.41. The van der Waals surface area contributed by atoms with Crippen molar-refractivity contribution in [3.8, 4) is 11.5 Å². The van der Waals surface area contributed by atoms with Gasteiger partial charge in [-0.3, -0.25) is 0 Å². The number of nitrogens with zero attached hydrogens (tertiary/aromatic N) is 3. The number of anilines is 1. The second kappa shape index (κ2) is 6.26. The van der Waals surface area contributed by atoms with Gasteiger partial charge in [0.15, 0.2) is 0 Å². The number of aromatic nitrogens is 2. The standard InChI is InChI=1S/C16H22N4O/c1-3-12(2)13-4-6-14(7-5-13)15-18-16(19-21-15)20-10-8-17-9-11-20/h4-7,12,17H,3,8-11H2,1-2H3. The van der Waals surface area contributed by atoms with E-state index in [1.54, 1.807) is 0 Å². The first-order valence-electron chi connectivity index (χ1n) is 7.67. The molecule has 21 heavy (non-hydrogen) atoms. The van der Waals surface area contributed by atoms with Crippen LogP contribution in [0.4, 0.5) is 5.95 Å². The molecule has 1 atom stereocenters. The van der Waals surface area contributed by atoms with Gasteiger partial charge in [0.1, 0.15) is 0 Å². The molecule has 0 radical (unpaired) electrons. The van der Waals surface area contributed by atoms with Crippen molar-refractivity contribution in [3.05, 3.63) is 29.8 Å². The normalized spacial score (nSPS) is 17.0. The van der Waals surface area contributed by atoms with E-state index in [0.29, 0.717) is 17.8 Å². The average Bonchev–Trinajstić information content (AvgIpc) is 3.05. The van der Waals surface area contributed by atoms with Gasteiger partial charge in [-0.25, -0.2) is 0 Å². The van der Waals surface area contributed by atoms with Gasteiger partial charge in [0, 0.05) is 31.7 Å². The summed E-state index contributed by atoms with van der Waals surface area (Å²) in [6.07, 6.45) is 1.15.